The van der Waals surface area contributed by atoms with Gasteiger partial charge in [-0.2, -0.15) is 0 Å². The first-order valence-electron chi connectivity index (χ1n) is 9.24. The highest BCUT2D eigenvalue weighted by Crippen LogP contribution is 2.27. The minimum atomic E-state index is -0.258. The van der Waals surface area contributed by atoms with Gasteiger partial charge in [0.2, 0.25) is 0 Å². The van der Waals surface area contributed by atoms with Crippen molar-refractivity contribution in [3.8, 4) is 11.5 Å². The van der Waals surface area contributed by atoms with Gasteiger partial charge < -0.3 is 19.7 Å². The van der Waals surface area contributed by atoms with Crippen LogP contribution in [0, 0.1) is 0 Å². The van der Waals surface area contributed by atoms with E-state index in [1.54, 1.807) is 26.4 Å². The van der Waals surface area contributed by atoms with Gasteiger partial charge >= 0.3 is 0 Å². The standard InChI is InChI=1S/C22H24N4O3/c1-26(17-7-5-4-6-8-17)21-12-10-18(24-25-21)22(27)23-14-13-16-9-11-19(28-2)20(15-16)29-3/h4-12,15H,13-14H2,1-3H3,(H,23,27). The van der Waals surface area contributed by atoms with E-state index in [0.717, 1.165) is 11.3 Å². The van der Waals surface area contributed by atoms with E-state index in [1.807, 2.05) is 60.5 Å². The second-order valence-electron chi connectivity index (χ2n) is 6.37. The Labute approximate surface area is 170 Å². The van der Waals surface area contributed by atoms with Crippen LogP contribution in [-0.4, -0.2) is 43.9 Å². The number of aromatic nitrogens is 2. The molecule has 0 saturated carbocycles. The average Bonchev–Trinajstić information content (AvgIpc) is 2.79. The number of carbonyl (C=O) groups is 1. The van der Waals surface area contributed by atoms with E-state index in [4.69, 9.17) is 9.47 Å². The lowest BCUT2D eigenvalue weighted by molar-refractivity contribution is 0.0948. The molecule has 0 unspecified atom stereocenters. The van der Waals surface area contributed by atoms with Crippen LogP contribution in [0.4, 0.5) is 11.5 Å². The third-order valence-corrected chi connectivity index (χ3v) is 4.52. The number of para-hydroxylation sites is 1. The van der Waals surface area contributed by atoms with E-state index >= 15 is 0 Å². The van der Waals surface area contributed by atoms with Crippen molar-refractivity contribution in [1.82, 2.24) is 15.5 Å². The molecular weight excluding hydrogens is 368 g/mol. The second-order valence-corrected chi connectivity index (χ2v) is 6.37. The van der Waals surface area contributed by atoms with Gasteiger partial charge in [0.15, 0.2) is 23.0 Å². The summed E-state index contributed by atoms with van der Waals surface area (Å²) in [5.41, 5.74) is 2.31. The van der Waals surface area contributed by atoms with E-state index < -0.39 is 0 Å². The molecular formula is C22H24N4O3. The number of hydrogen-bond donors (Lipinski definition) is 1. The number of nitrogens with zero attached hydrogens (tertiary/aromatic N) is 3. The number of carbonyl (C=O) groups excluding carboxylic acids is 1. The number of methoxy groups -OCH3 is 2. The van der Waals surface area contributed by atoms with Crippen LogP contribution in [-0.2, 0) is 6.42 Å². The van der Waals surface area contributed by atoms with Crippen LogP contribution >= 0.6 is 0 Å². The van der Waals surface area contributed by atoms with Crippen molar-refractivity contribution in [1.29, 1.82) is 0 Å². The Balaban J connectivity index is 1.56. The topological polar surface area (TPSA) is 76.6 Å². The molecule has 0 aliphatic carbocycles. The summed E-state index contributed by atoms with van der Waals surface area (Å²) in [7, 11) is 5.10. The number of amides is 1. The second kappa shape index (κ2) is 9.54. The van der Waals surface area contributed by atoms with Gasteiger partial charge in [0.05, 0.1) is 14.2 Å². The first-order valence-corrected chi connectivity index (χ1v) is 9.24. The summed E-state index contributed by atoms with van der Waals surface area (Å²) < 4.78 is 10.5. The van der Waals surface area contributed by atoms with Gasteiger partial charge in [-0.15, -0.1) is 10.2 Å². The highest BCUT2D eigenvalue weighted by Gasteiger charge is 2.11. The molecule has 0 saturated heterocycles. The number of nitrogens with one attached hydrogen (secondary N) is 1. The lowest BCUT2D eigenvalue weighted by atomic mass is 10.1. The minimum Gasteiger partial charge on any atom is -0.493 e. The number of ether oxygens (including phenoxy) is 2. The molecule has 0 bridgehead atoms. The molecule has 29 heavy (non-hydrogen) atoms. The van der Waals surface area contributed by atoms with Crippen LogP contribution in [0.1, 0.15) is 16.1 Å². The summed E-state index contributed by atoms with van der Waals surface area (Å²) in [4.78, 5) is 14.2. The van der Waals surface area contributed by atoms with Gasteiger partial charge in [0, 0.05) is 19.3 Å². The maximum absolute atomic E-state index is 12.3. The van der Waals surface area contributed by atoms with Gasteiger partial charge in [0.1, 0.15) is 0 Å². The number of rotatable bonds is 8. The Hall–Kier alpha value is -3.61. The largest absolute Gasteiger partial charge is 0.493 e. The van der Waals surface area contributed by atoms with Gasteiger partial charge in [-0.3, -0.25) is 4.79 Å². The molecule has 7 nitrogen and oxygen atoms in total. The SMILES string of the molecule is COc1ccc(CCNC(=O)c2ccc(N(C)c3ccccc3)nn2)cc1OC. The summed E-state index contributed by atoms with van der Waals surface area (Å²) in [5, 5.41) is 11.1. The van der Waals surface area contributed by atoms with Crippen LogP contribution in [0.25, 0.3) is 0 Å². The smallest absolute Gasteiger partial charge is 0.271 e. The molecule has 3 aromatic rings. The molecule has 0 fully saturated rings. The summed E-state index contributed by atoms with van der Waals surface area (Å²) in [5.74, 6) is 1.75. The lowest BCUT2D eigenvalue weighted by Gasteiger charge is -2.17. The summed E-state index contributed by atoms with van der Waals surface area (Å²) in [6.07, 6.45) is 0.661. The molecule has 0 aliphatic rings. The fraction of sp³-hybridized carbons (Fsp3) is 0.227. The fourth-order valence-electron chi connectivity index (χ4n) is 2.86. The van der Waals surface area contributed by atoms with Crippen LogP contribution in [0.5, 0.6) is 11.5 Å². The van der Waals surface area contributed by atoms with Gasteiger partial charge in [-0.25, -0.2) is 0 Å². The Morgan fingerprint density at radius 2 is 1.72 bits per heavy atom. The zero-order valence-electron chi connectivity index (χ0n) is 16.8. The van der Waals surface area contributed by atoms with E-state index in [1.165, 1.54) is 0 Å². The van der Waals surface area contributed by atoms with E-state index in [0.29, 0.717) is 30.3 Å². The summed E-state index contributed by atoms with van der Waals surface area (Å²) in [6.45, 7) is 0.474. The maximum atomic E-state index is 12.3. The molecule has 7 heteroatoms. The third-order valence-electron chi connectivity index (χ3n) is 4.52. The van der Waals surface area contributed by atoms with Gasteiger partial charge in [0.25, 0.3) is 5.91 Å². The molecule has 0 radical (unpaired) electrons. The Kier molecular flexibility index (Phi) is 6.63. The first-order chi connectivity index (χ1) is 14.1. The monoisotopic (exact) mass is 392 g/mol. The maximum Gasteiger partial charge on any atom is 0.271 e. The van der Waals surface area contributed by atoms with E-state index in [9.17, 15) is 4.79 Å². The van der Waals surface area contributed by atoms with Gasteiger partial charge in [-0.05, 0) is 48.4 Å². The highest BCUT2D eigenvalue weighted by atomic mass is 16.5. The quantitative estimate of drug-likeness (QED) is 0.634. The first kappa shape index (κ1) is 20.1. The normalized spacial score (nSPS) is 10.3. The number of benzene rings is 2. The molecule has 1 aromatic heterocycles. The van der Waals surface area contributed by atoms with Crippen molar-refractivity contribution < 1.29 is 14.3 Å². The molecule has 1 amide bonds. The Morgan fingerprint density at radius 3 is 2.38 bits per heavy atom. The van der Waals surface area contributed by atoms with Gasteiger partial charge in [-0.1, -0.05) is 24.3 Å². The number of hydrogen-bond acceptors (Lipinski definition) is 6. The lowest BCUT2D eigenvalue weighted by Crippen LogP contribution is -2.27. The van der Waals surface area contributed by atoms with Crippen molar-refractivity contribution in [2.24, 2.45) is 0 Å². The predicted molar refractivity (Wildman–Crippen MR) is 112 cm³/mol. The van der Waals surface area contributed by atoms with E-state index in [-0.39, 0.29) is 11.6 Å². The van der Waals surface area contributed by atoms with Crippen molar-refractivity contribution in [2.45, 2.75) is 6.42 Å². The van der Waals surface area contributed by atoms with E-state index in [2.05, 4.69) is 15.5 Å². The van der Waals surface area contributed by atoms with Crippen LogP contribution in [0.2, 0.25) is 0 Å². The molecule has 0 aliphatic heterocycles. The Bertz CT molecular complexity index is 946. The highest BCUT2D eigenvalue weighted by molar-refractivity contribution is 5.92. The van der Waals surface area contributed by atoms with Crippen LogP contribution in [0.15, 0.2) is 60.7 Å². The molecule has 0 spiro atoms. The summed E-state index contributed by atoms with van der Waals surface area (Å²) >= 11 is 0. The predicted octanol–water partition coefficient (Wildman–Crippen LogP) is 3.23. The molecule has 2 aromatic carbocycles. The molecule has 1 heterocycles. The Morgan fingerprint density at radius 1 is 0.966 bits per heavy atom. The zero-order chi connectivity index (χ0) is 20.6. The van der Waals surface area contributed by atoms with Crippen LogP contribution in [0.3, 0.4) is 0 Å². The van der Waals surface area contributed by atoms with Crippen molar-refractivity contribution in [3.63, 3.8) is 0 Å². The molecule has 3 rings (SSSR count). The average molecular weight is 392 g/mol. The molecule has 1 N–H and O–H groups in total. The number of anilines is 2. The fourth-order valence-corrected chi connectivity index (χ4v) is 2.86. The summed E-state index contributed by atoms with van der Waals surface area (Å²) in [6, 6.07) is 19.0. The van der Waals surface area contributed by atoms with Crippen molar-refractivity contribution in [2.75, 3.05) is 32.7 Å². The third kappa shape index (κ3) is 5.01. The van der Waals surface area contributed by atoms with Crippen molar-refractivity contribution >= 4 is 17.4 Å². The minimum absolute atomic E-state index is 0.258. The van der Waals surface area contributed by atoms with Crippen LogP contribution < -0.4 is 19.7 Å². The molecule has 0 atom stereocenters. The molecule has 150 valence electrons. The zero-order valence-corrected chi connectivity index (χ0v) is 16.8. The van der Waals surface area contributed by atoms with Crippen molar-refractivity contribution in [3.05, 3.63) is 71.9 Å².